The average molecular weight is 256 g/mol. The van der Waals surface area contributed by atoms with Crippen LogP contribution in [0.5, 0.6) is 0 Å². The number of carbonyl (C=O) groups excluding carboxylic acids is 1. The van der Waals surface area contributed by atoms with E-state index in [1.165, 1.54) is 0 Å². The number of piperidine rings is 1. The minimum atomic E-state index is -0.821. The first-order chi connectivity index (χ1) is 8.68. The summed E-state index contributed by atoms with van der Waals surface area (Å²) in [5, 5.41) is 25.9. The Hall–Kier alpha value is -0.650. The molecule has 0 aromatic carbocycles. The Morgan fingerprint density at radius 1 is 1.06 bits per heavy atom. The smallest absolute Gasteiger partial charge is 0.223 e. The Balaban J connectivity index is 1.88. The third-order valence-electron chi connectivity index (χ3n) is 4.11. The molecule has 5 heteroatoms. The molecule has 4 N–H and O–H groups in total. The molecule has 0 radical (unpaired) electrons. The highest BCUT2D eigenvalue weighted by Gasteiger charge is 2.31. The van der Waals surface area contributed by atoms with E-state index in [1.807, 2.05) is 0 Å². The zero-order valence-corrected chi connectivity index (χ0v) is 10.8. The van der Waals surface area contributed by atoms with Gasteiger partial charge in [0.25, 0.3) is 0 Å². The van der Waals surface area contributed by atoms with E-state index in [9.17, 15) is 15.0 Å². The van der Waals surface area contributed by atoms with Crippen LogP contribution in [0.25, 0.3) is 0 Å². The van der Waals surface area contributed by atoms with E-state index < -0.39 is 12.2 Å². The second kappa shape index (κ2) is 6.50. The summed E-state index contributed by atoms with van der Waals surface area (Å²) in [7, 11) is 0. The van der Waals surface area contributed by atoms with Gasteiger partial charge in [0.05, 0.1) is 18.2 Å². The molecule has 2 fully saturated rings. The van der Waals surface area contributed by atoms with Gasteiger partial charge in [-0.05, 0) is 38.8 Å². The highest BCUT2D eigenvalue weighted by atomic mass is 16.3. The lowest BCUT2D eigenvalue weighted by atomic mass is 9.95. The van der Waals surface area contributed by atoms with E-state index in [0.29, 0.717) is 6.42 Å². The van der Waals surface area contributed by atoms with Gasteiger partial charge in [0.1, 0.15) is 0 Å². The zero-order valence-electron chi connectivity index (χ0n) is 10.8. The van der Waals surface area contributed by atoms with Crippen molar-refractivity contribution in [2.24, 2.45) is 5.92 Å². The fourth-order valence-corrected chi connectivity index (χ4v) is 2.87. The number of aliphatic hydroxyl groups is 2. The number of carbonyl (C=O) groups is 1. The number of hydrogen-bond acceptors (Lipinski definition) is 4. The van der Waals surface area contributed by atoms with E-state index >= 15 is 0 Å². The van der Waals surface area contributed by atoms with Crippen molar-refractivity contribution in [1.29, 1.82) is 0 Å². The maximum absolute atomic E-state index is 12.1. The summed E-state index contributed by atoms with van der Waals surface area (Å²) in [4.78, 5) is 12.1. The summed E-state index contributed by atoms with van der Waals surface area (Å²) < 4.78 is 0. The molecular formula is C13H24N2O3. The summed E-state index contributed by atoms with van der Waals surface area (Å²) in [6.45, 7) is 1.77. The van der Waals surface area contributed by atoms with Gasteiger partial charge in [-0.3, -0.25) is 4.79 Å². The molecule has 1 amide bonds. The Labute approximate surface area is 108 Å². The Bertz CT molecular complexity index is 279. The van der Waals surface area contributed by atoms with Gasteiger partial charge in [-0.2, -0.15) is 0 Å². The molecule has 18 heavy (non-hydrogen) atoms. The zero-order chi connectivity index (χ0) is 13.0. The Morgan fingerprint density at radius 2 is 1.72 bits per heavy atom. The predicted octanol–water partition coefficient (Wildman–Crippen LogP) is -0.233. The number of aliphatic hydroxyl groups excluding tert-OH is 2. The lowest BCUT2D eigenvalue weighted by molar-refractivity contribution is -0.128. The molecule has 2 rings (SSSR count). The first kappa shape index (κ1) is 13.8. The Morgan fingerprint density at radius 3 is 2.44 bits per heavy atom. The van der Waals surface area contributed by atoms with E-state index in [-0.39, 0.29) is 17.9 Å². The molecule has 104 valence electrons. The first-order valence-electron chi connectivity index (χ1n) is 7.05. The van der Waals surface area contributed by atoms with E-state index in [2.05, 4.69) is 10.6 Å². The van der Waals surface area contributed by atoms with Gasteiger partial charge in [-0.15, -0.1) is 0 Å². The summed E-state index contributed by atoms with van der Waals surface area (Å²) in [6.07, 6.45) is 3.44. The molecule has 0 bridgehead atoms. The normalized spacial score (nSPS) is 34.9. The molecule has 2 aliphatic rings. The molecule has 5 nitrogen and oxygen atoms in total. The number of nitrogens with one attached hydrogen (secondary N) is 2. The van der Waals surface area contributed by atoms with Crippen LogP contribution in [0, 0.1) is 5.92 Å². The standard InChI is InChI=1S/C13H24N2O3/c16-11-4-2-1-3-10(12(11)17)15-13(18)9-5-7-14-8-6-9/h9-12,14,16-17H,1-8H2,(H,15,18)/t10-,11-,12-/m1/s1. The molecule has 1 saturated heterocycles. The van der Waals surface area contributed by atoms with Crippen molar-refractivity contribution in [1.82, 2.24) is 10.6 Å². The second-order valence-electron chi connectivity index (χ2n) is 5.48. The molecule has 0 spiro atoms. The molecule has 1 saturated carbocycles. The highest BCUT2D eigenvalue weighted by Crippen LogP contribution is 2.20. The summed E-state index contributed by atoms with van der Waals surface area (Å²) >= 11 is 0. The quantitative estimate of drug-likeness (QED) is 0.514. The van der Waals surface area contributed by atoms with Crippen LogP contribution in [0.1, 0.15) is 38.5 Å². The molecule has 1 aliphatic heterocycles. The lowest BCUT2D eigenvalue weighted by Crippen LogP contribution is -2.50. The van der Waals surface area contributed by atoms with Gasteiger partial charge >= 0.3 is 0 Å². The maximum Gasteiger partial charge on any atom is 0.223 e. The molecule has 0 unspecified atom stereocenters. The van der Waals surface area contributed by atoms with Crippen LogP contribution in [0.4, 0.5) is 0 Å². The predicted molar refractivity (Wildman–Crippen MR) is 68.0 cm³/mol. The third-order valence-corrected chi connectivity index (χ3v) is 4.11. The lowest BCUT2D eigenvalue weighted by Gasteiger charge is -2.28. The van der Waals surface area contributed by atoms with Crippen LogP contribution in [0.3, 0.4) is 0 Å². The Kier molecular flexibility index (Phi) is 4.97. The van der Waals surface area contributed by atoms with Crippen LogP contribution in [0.2, 0.25) is 0 Å². The van der Waals surface area contributed by atoms with Crippen molar-refractivity contribution in [3.8, 4) is 0 Å². The molecule has 3 atom stereocenters. The van der Waals surface area contributed by atoms with Gasteiger partial charge < -0.3 is 20.8 Å². The van der Waals surface area contributed by atoms with Crippen LogP contribution < -0.4 is 10.6 Å². The monoisotopic (exact) mass is 256 g/mol. The van der Waals surface area contributed by atoms with Gasteiger partial charge in [0.2, 0.25) is 5.91 Å². The third kappa shape index (κ3) is 3.43. The molecule has 1 aliphatic carbocycles. The summed E-state index contributed by atoms with van der Waals surface area (Å²) in [5.74, 6) is 0.0912. The topological polar surface area (TPSA) is 81.6 Å². The number of rotatable bonds is 2. The molecular weight excluding hydrogens is 232 g/mol. The van der Waals surface area contributed by atoms with Gasteiger partial charge in [0, 0.05) is 5.92 Å². The van der Waals surface area contributed by atoms with Crippen molar-refractivity contribution in [2.45, 2.75) is 56.8 Å². The summed E-state index contributed by atoms with van der Waals surface area (Å²) in [5.41, 5.74) is 0. The maximum atomic E-state index is 12.1. The molecule has 1 heterocycles. The highest BCUT2D eigenvalue weighted by molar-refractivity contribution is 5.79. The largest absolute Gasteiger partial charge is 0.390 e. The van der Waals surface area contributed by atoms with Crippen molar-refractivity contribution in [3.63, 3.8) is 0 Å². The van der Waals surface area contributed by atoms with Crippen molar-refractivity contribution in [2.75, 3.05) is 13.1 Å². The van der Waals surface area contributed by atoms with Crippen molar-refractivity contribution >= 4 is 5.91 Å². The van der Waals surface area contributed by atoms with Gasteiger partial charge in [-0.25, -0.2) is 0 Å². The number of hydrogen-bond donors (Lipinski definition) is 4. The van der Waals surface area contributed by atoms with Crippen LogP contribution in [-0.2, 0) is 4.79 Å². The minimum absolute atomic E-state index is 0.0367. The van der Waals surface area contributed by atoms with Crippen molar-refractivity contribution in [3.05, 3.63) is 0 Å². The van der Waals surface area contributed by atoms with Crippen molar-refractivity contribution < 1.29 is 15.0 Å². The SMILES string of the molecule is O=C(N[C@@H]1CCCC[C@@H](O)[C@@H]1O)C1CCNCC1. The number of amides is 1. The molecule has 0 aromatic rings. The average Bonchev–Trinajstić information content (AvgIpc) is 2.55. The fourth-order valence-electron chi connectivity index (χ4n) is 2.87. The van der Waals surface area contributed by atoms with Crippen LogP contribution in [0.15, 0.2) is 0 Å². The fraction of sp³-hybridized carbons (Fsp3) is 0.923. The van der Waals surface area contributed by atoms with Crippen LogP contribution in [-0.4, -0.2) is 47.5 Å². The first-order valence-corrected chi connectivity index (χ1v) is 7.05. The summed E-state index contributed by atoms with van der Waals surface area (Å²) in [6, 6.07) is -0.287. The van der Waals surface area contributed by atoms with E-state index in [1.54, 1.807) is 0 Å². The minimum Gasteiger partial charge on any atom is -0.390 e. The van der Waals surface area contributed by atoms with Crippen LogP contribution >= 0.6 is 0 Å². The van der Waals surface area contributed by atoms with E-state index in [4.69, 9.17) is 0 Å². The second-order valence-corrected chi connectivity index (χ2v) is 5.48. The molecule has 0 aromatic heterocycles. The van der Waals surface area contributed by atoms with E-state index in [0.717, 1.165) is 45.2 Å². The van der Waals surface area contributed by atoms with Gasteiger partial charge in [-0.1, -0.05) is 12.8 Å². The van der Waals surface area contributed by atoms with Gasteiger partial charge in [0.15, 0.2) is 0 Å².